The van der Waals surface area contributed by atoms with Crippen molar-refractivity contribution in [3.05, 3.63) is 34.9 Å². The zero-order valence-electron chi connectivity index (χ0n) is 12.3. The van der Waals surface area contributed by atoms with Crippen LogP contribution in [0.2, 0.25) is 0 Å². The summed E-state index contributed by atoms with van der Waals surface area (Å²) < 4.78 is 4.63. The predicted octanol–water partition coefficient (Wildman–Crippen LogP) is 1.85. The van der Waals surface area contributed by atoms with Gasteiger partial charge in [-0.05, 0) is 36.6 Å². The Bertz CT molecular complexity index is 515. The van der Waals surface area contributed by atoms with Crippen molar-refractivity contribution < 1.29 is 24.5 Å². The van der Waals surface area contributed by atoms with Crippen LogP contribution in [0.5, 0.6) is 0 Å². The lowest BCUT2D eigenvalue weighted by Gasteiger charge is -2.20. The third-order valence-electron chi connectivity index (χ3n) is 3.09. The summed E-state index contributed by atoms with van der Waals surface area (Å²) in [5.41, 5.74) is 1.65. The molecule has 1 aromatic rings. The van der Waals surface area contributed by atoms with Crippen LogP contribution in [0.4, 0.5) is 0 Å². The summed E-state index contributed by atoms with van der Waals surface area (Å²) in [5, 5.41) is 20.1. The summed E-state index contributed by atoms with van der Waals surface area (Å²) >= 11 is 1.11. The number of aryl methyl sites for hydroxylation is 1. The minimum Gasteiger partial charge on any atom is -0.465 e. The van der Waals surface area contributed by atoms with E-state index >= 15 is 0 Å². The van der Waals surface area contributed by atoms with Crippen LogP contribution in [-0.2, 0) is 9.53 Å². The fourth-order valence-electron chi connectivity index (χ4n) is 1.94. The number of ether oxygens (including phenoxy) is 1. The summed E-state index contributed by atoms with van der Waals surface area (Å²) in [6.07, 6.45) is -1.70. The number of esters is 1. The molecule has 2 N–H and O–H groups in total. The lowest BCUT2D eigenvalue weighted by atomic mass is 9.96. The van der Waals surface area contributed by atoms with E-state index in [1.165, 1.54) is 14.0 Å². The molecular weight excluding hydrogens is 292 g/mol. The van der Waals surface area contributed by atoms with E-state index in [0.29, 0.717) is 28.9 Å². The molecule has 5 nitrogen and oxygen atoms in total. The number of rotatable bonds is 6. The molecule has 0 aromatic heterocycles. The van der Waals surface area contributed by atoms with Gasteiger partial charge in [0, 0.05) is 12.7 Å². The Labute approximate surface area is 128 Å². The normalized spacial score (nSPS) is 13.6. The number of aliphatic hydroxyl groups is 2. The molecule has 0 fully saturated rings. The molecule has 0 aliphatic carbocycles. The van der Waals surface area contributed by atoms with E-state index in [4.69, 9.17) is 0 Å². The predicted molar refractivity (Wildman–Crippen MR) is 81.2 cm³/mol. The van der Waals surface area contributed by atoms with Gasteiger partial charge in [0.15, 0.2) is 5.12 Å². The van der Waals surface area contributed by atoms with Crippen LogP contribution in [0.15, 0.2) is 18.2 Å². The Morgan fingerprint density at radius 2 is 2.00 bits per heavy atom. The van der Waals surface area contributed by atoms with Gasteiger partial charge in [0.25, 0.3) is 0 Å². The largest absolute Gasteiger partial charge is 0.465 e. The Morgan fingerprint density at radius 3 is 2.52 bits per heavy atom. The van der Waals surface area contributed by atoms with Gasteiger partial charge >= 0.3 is 5.97 Å². The molecule has 0 heterocycles. The number of hydrogen-bond acceptors (Lipinski definition) is 6. The van der Waals surface area contributed by atoms with Gasteiger partial charge in [-0.2, -0.15) is 0 Å². The van der Waals surface area contributed by atoms with Gasteiger partial charge in [0.05, 0.1) is 18.8 Å². The number of carbonyl (C=O) groups excluding carboxylic acids is 2. The Hall–Kier alpha value is -1.37. The second kappa shape index (κ2) is 8.17. The zero-order chi connectivity index (χ0) is 16.0. The van der Waals surface area contributed by atoms with Crippen molar-refractivity contribution in [1.29, 1.82) is 0 Å². The minimum absolute atomic E-state index is 0.0182. The second-order valence-electron chi connectivity index (χ2n) is 4.70. The van der Waals surface area contributed by atoms with Crippen LogP contribution in [0.1, 0.15) is 40.9 Å². The Morgan fingerprint density at radius 1 is 1.33 bits per heavy atom. The molecule has 2 atom stereocenters. The molecule has 0 bridgehead atoms. The molecule has 21 heavy (non-hydrogen) atoms. The first-order valence-electron chi connectivity index (χ1n) is 6.55. The molecule has 0 radical (unpaired) electrons. The van der Waals surface area contributed by atoms with Crippen molar-refractivity contribution in [1.82, 2.24) is 0 Å². The molecule has 2 unspecified atom stereocenters. The summed E-state index contributed by atoms with van der Waals surface area (Å²) in [5.74, 6) is 0.00453. The van der Waals surface area contributed by atoms with E-state index < -0.39 is 18.2 Å². The number of aliphatic hydroxyl groups excluding tert-OH is 2. The Kier molecular flexibility index (Phi) is 6.87. The van der Waals surface area contributed by atoms with E-state index in [-0.39, 0.29) is 5.12 Å². The molecule has 0 amide bonds. The van der Waals surface area contributed by atoms with Crippen LogP contribution in [0.25, 0.3) is 0 Å². The van der Waals surface area contributed by atoms with Crippen LogP contribution in [-0.4, -0.2) is 40.3 Å². The lowest BCUT2D eigenvalue weighted by molar-refractivity contribution is -0.109. The number of benzene rings is 1. The van der Waals surface area contributed by atoms with Crippen molar-refractivity contribution in [2.24, 2.45) is 0 Å². The van der Waals surface area contributed by atoms with Crippen molar-refractivity contribution in [2.75, 3.05) is 12.9 Å². The number of carbonyl (C=O) groups is 2. The topological polar surface area (TPSA) is 83.8 Å². The van der Waals surface area contributed by atoms with Crippen molar-refractivity contribution in [2.45, 2.75) is 32.5 Å². The van der Waals surface area contributed by atoms with Gasteiger partial charge in [-0.1, -0.05) is 17.8 Å². The third kappa shape index (κ3) is 5.15. The molecule has 6 heteroatoms. The summed E-state index contributed by atoms with van der Waals surface area (Å²) in [6.45, 7) is 3.21. The summed E-state index contributed by atoms with van der Waals surface area (Å²) in [6, 6.07) is 4.77. The molecule has 0 saturated heterocycles. The van der Waals surface area contributed by atoms with Gasteiger partial charge < -0.3 is 14.9 Å². The van der Waals surface area contributed by atoms with E-state index in [9.17, 15) is 19.8 Å². The zero-order valence-corrected chi connectivity index (χ0v) is 13.1. The maximum atomic E-state index is 11.4. The van der Waals surface area contributed by atoms with Crippen molar-refractivity contribution in [3.8, 4) is 0 Å². The quantitative estimate of drug-likeness (QED) is 0.780. The van der Waals surface area contributed by atoms with E-state index in [1.54, 1.807) is 25.1 Å². The van der Waals surface area contributed by atoms with Crippen LogP contribution in [0, 0.1) is 6.92 Å². The molecular formula is C15H20O5S. The van der Waals surface area contributed by atoms with Gasteiger partial charge in [0.1, 0.15) is 6.10 Å². The van der Waals surface area contributed by atoms with Crippen molar-refractivity contribution in [3.63, 3.8) is 0 Å². The molecule has 0 saturated carbocycles. The van der Waals surface area contributed by atoms with E-state index in [0.717, 1.165) is 11.8 Å². The first-order valence-corrected chi connectivity index (χ1v) is 7.53. The van der Waals surface area contributed by atoms with Crippen molar-refractivity contribution >= 4 is 22.8 Å². The Balaban J connectivity index is 2.75. The van der Waals surface area contributed by atoms with Gasteiger partial charge in [-0.3, -0.25) is 4.79 Å². The highest BCUT2D eigenvalue weighted by molar-refractivity contribution is 8.13. The lowest BCUT2D eigenvalue weighted by Crippen LogP contribution is -2.20. The summed E-state index contributed by atoms with van der Waals surface area (Å²) in [7, 11) is 1.30. The average molecular weight is 312 g/mol. The van der Waals surface area contributed by atoms with Gasteiger partial charge in [-0.15, -0.1) is 0 Å². The minimum atomic E-state index is -1.05. The first kappa shape index (κ1) is 17.7. The smallest absolute Gasteiger partial charge is 0.337 e. The molecule has 1 aromatic carbocycles. The highest BCUT2D eigenvalue weighted by atomic mass is 32.2. The van der Waals surface area contributed by atoms with Gasteiger partial charge in [-0.25, -0.2) is 4.79 Å². The van der Waals surface area contributed by atoms with Crippen LogP contribution < -0.4 is 0 Å². The number of hydrogen-bond donors (Lipinski definition) is 2. The highest BCUT2D eigenvalue weighted by Gasteiger charge is 2.21. The van der Waals surface area contributed by atoms with Crippen LogP contribution in [0.3, 0.4) is 0 Å². The fraction of sp³-hybridized carbons (Fsp3) is 0.467. The summed E-state index contributed by atoms with van der Waals surface area (Å²) in [4.78, 5) is 22.2. The fourth-order valence-corrected chi connectivity index (χ4v) is 2.59. The standard InChI is InChI=1S/C15H20O5S/c1-9-8-11(15(19)20-3)4-5-12(9)14(18)13(17)6-7-21-10(2)16/h4-5,8,13-14,17-18H,6-7H2,1-3H3. The van der Waals surface area contributed by atoms with E-state index in [1.807, 2.05) is 0 Å². The molecule has 1 rings (SSSR count). The first-order chi connectivity index (χ1) is 9.86. The monoisotopic (exact) mass is 312 g/mol. The molecule has 0 aliphatic heterocycles. The number of methoxy groups -OCH3 is 1. The molecule has 0 aliphatic rings. The molecule has 116 valence electrons. The molecule has 0 spiro atoms. The van der Waals surface area contributed by atoms with Gasteiger partial charge in [0.2, 0.25) is 0 Å². The maximum absolute atomic E-state index is 11.4. The number of thioether (sulfide) groups is 1. The van der Waals surface area contributed by atoms with E-state index in [2.05, 4.69) is 4.74 Å². The highest BCUT2D eigenvalue weighted by Crippen LogP contribution is 2.24. The maximum Gasteiger partial charge on any atom is 0.337 e. The third-order valence-corrected chi connectivity index (χ3v) is 3.94. The average Bonchev–Trinajstić information content (AvgIpc) is 2.45. The second-order valence-corrected chi connectivity index (χ2v) is 5.98. The van der Waals surface area contributed by atoms with Crippen LogP contribution >= 0.6 is 11.8 Å². The SMILES string of the molecule is COC(=O)c1ccc(C(O)C(O)CCSC(C)=O)c(C)c1.